The highest BCUT2D eigenvalue weighted by Gasteiger charge is 2.24. The Morgan fingerprint density at radius 1 is 1.26 bits per heavy atom. The highest BCUT2D eigenvalue weighted by atomic mass is 15.2. The maximum absolute atomic E-state index is 4.21. The molecule has 3 heteroatoms. The summed E-state index contributed by atoms with van der Waals surface area (Å²) in [7, 11) is 0. The molecule has 0 bridgehead atoms. The molecule has 0 aliphatic carbocycles. The van der Waals surface area contributed by atoms with Gasteiger partial charge in [-0.05, 0) is 30.2 Å². The van der Waals surface area contributed by atoms with Gasteiger partial charge in [0.15, 0.2) is 0 Å². The number of nitrogens with zero attached hydrogens (tertiary/aromatic N) is 2. The lowest BCUT2D eigenvalue weighted by molar-refractivity contribution is 0.579. The van der Waals surface area contributed by atoms with Crippen LogP contribution in [0.4, 0.5) is 11.4 Å². The average Bonchev–Trinajstić information content (AvgIpc) is 2.49. The second-order valence-corrected chi connectivity index (χ2v) is 4.95. The van der Waals surface area contributed by atoms with E-state index in [-0.39, 0.29) is 0 Å². The van der Waals surface area contributed by atoms with Crippen LogP contribution in [-0.4, -0.2) is 17.6 Å². The number of rotatable bonds is 3. The number of hydrogen-bond donors (Lipinski definition) is 1. The number of anilines is 2. The number of pyridine rings is 1. The van der Waals surface area contributed by atoms with E-state index in [9.17, 15) is 0 Å². The van der Waals surface area contributed by atoms with E-state index in [0.717, 1.165) is 19.5 Å². The summed E-state index contributed by atoms with van der Waals surface area (Å²) >= 11 is 0. The molecule has 0 spiro atoms. The summed E-state index contributed by atoms with van der Waals surface area (Å²) in [5.74, 6) is 0. The molecule has 3 rings (SSSR count). The van der Waals surface area contributed by atoms with Gasteiger partial charge >= 0.3 is 0 Å². The quantitative estimate of drug-likeness (QED) is 0.909. The minimum absolute atomic E-state index is 0.537. The summed E-state index contributed by atoms with van der Waals surface area (Å²) in [5.41, 5.74) is 3.79. The fourth-order valence-corrected chi connectivity index (χ4v) is 2.68. The highest BCUT2D eigenvalue weighted by molar-refractivity contribution is 5.72. The van der Waals surface area contributed by atoms with E-state index in [2.05, 4.69) is 52.5 Å². The van der Waals surface area contributed by atoms with Crippen LogP contribution in [0.25, 0.3) is 0 Å². The van der Waals surface area contributed by atoms with Crippen molar-refractivity contribution in [1.82, 2.24) is 4.98 Å². The minimum Gasteiger partial charge on any atom is -0.381 e. The summed E-state index contributed by atoms with van der Waals surface area (Å²) in [6.07, 6.45) is 4.92. The van der Waals surface area contributed by atoms with Gasteiger partial charge in [0, 0.05) is 31.5 Å². The molecule has 0 amide bonds. The SMILES string of the molecule is CCC1CNc2ccccc2N1Cc1cccnc1. The molecule has 1 atom stereocenters. The smallest absolute Gasteiger partial charge is 0.0608 e. The third-order valence-corrected chi connectivity index (χ3v) is 3.73. The van der Waals surface area contributed by atoms with Gasteiger partial charge in [-0.15, -0.1) is 0 Å². The van der Waals surface area contributed by atoms with Crippen molar-refractivity contribution in [2.75, 3.05) is 16.8 Å². The van der Waals surface area contributed by atoms with Gasteiger partial charge in [-0.2, -0.15) is 0 Å². The van der Waals surface area contributed by atoms with Gasteiger partial charge in [0.1, 0.15) is 0 Å². The average molecular weight is 253 g/mol. The Morgan fingerprint density at radius 3 is 2.95 bits per heavy atom. The highest BCUT2D eigenvalue weighted by Crippen LogP contribution is 2.33. The first-order valence-electron chi connectivity index (χ1n) is 6.87. The molecular weight excluding hydrogens is 234 g/mol. The third-order valence-electron chi connectivity index (χ3n) is 3.73. The van der Waals surface area contributed by atoms with E-state index in [1.54, 1.807) is 0 Å². The van der Waals surface area contributed by atoms with Crippen LogP contribution in [0, 0.1) is 0 Å². The molecule has 3 nitrogen and oxygen atoms in total. The molecule has 1 aromatic heterocycles. The Labute approximate surface area is 114 Å². The lowest BCUT2D eigenvalue weighted by Crippen LogP contribution is -2.43. The standard InChI is InChI=1S/C16H19N3/c1-2-14-11-18-15-7-3-4-8-16(15)19(14)12-13-6-5-9-17-10-13/h3-10,14,18H,2,11-12H2,1H3. The number of para-hydroxylation sites is 2. The number of aromatic nitrogens is 1. The van der Waals surface area contributed by atoms with E-state index >= 15 is 0 Å². The molecule has 1 aliphatic heterocycles. The molecule has 1 aliphatic rings. The molecule has 0 saturated heterocycles. The molecule has 1 unspecified atom stereocenters. The lowest BCUT2D eigenvalue weighted by Gasteiger charge is -2.39. The zero-order chi connectivity index (χ0) is 13.1. The number of nitrogens with one attached hydrogen (secondary N) is 1. The maximum Gasteiger partial charge on any atom is 0.0608 e. The molecule has 98 valence electrons. The van der Waals surface area contributed by atoms with Gasteiger partial charge in [0.05, 0.1) is 11.4 Å². The van der Waals surface area contributed by atoms with Gasteiger partial charge in [-0.25, -0.2) is 0 Å². The van der Waals surface area contributed by atoms with Crippen molar-refractivity contribution in [1.29, 1.82) is 0 Å². The molecule has 0 fully saturated rings. The fourth-order valence-electron chi connectivity index (χ4n) is 2.68. The lowest BCUT2D eigenvalue weighted by atomic mass is 10.1. The monoisotopic (exact) mass is 253 g/mol. The van der Waals surface area contributed by atoms with Crippen molar-refractivity contribution in [3.63, 3.8) is 0 Å². The van der Waals surface area contributed by atoms with Crippen LogP contribution >= 0.6 is 0 Å². The molecular formula is C16H19N3. The molecule has 2 aromatic rings. The fraction of sp³-hybridized carbons (Fsp3) is 0.312. The number of hydrogen-bond acceptors (Lipinski definition) is 3. The number of benzene rings is 1. The van der Waals surface area contributed by atoms with Gasteiger partial charge in [-0.3, -0.25) is 4.98 Å². The normalized spacial score (nSPS) is 17.7. The van der Waals surface area contributed by atoms with E-state index in [1.807, 2.05) is 18.5 Å². The second kappa shape index (κ2) is 5.31. The molecule has 1 N–H and O–H groups in total. The summed E-state index contributed by atoms with van der Waals surface area (Å²) in [5, 5.41) is 3.52. The van der Waals surface area contributed by atoms with Gasteiger partial charge in [0.2, 0.25) is 0 Å². The summed E-state index contributed by atoms with van der Waals surface area (Å²) in [6, 6.07) is 13.2. The first-order valence-corrected chi connectivity index (χ1v) is 6.87. The predicted molar refractivity (Wildman–Crippen MR) is 79.4 cm³/mol. The van der Waals surface area contributed by atoms with Crippen molar-refractivity contribution in [2.45, 2.75) is 25.9 Å². The van der Waals surface area contributed by atoms with E-state index in [4.69, 9.17) is 0 Å². The zero-order valence-corrected chi connectivity index (χ0v) is 11.2. The first-order chi connectivity index (χ1) is 9.38. The molecule has 19 heavy (non-hydrogen) atoms. The molecule has 0 saturated carbocycles. The van der Waals surface area contributed by atoms with Gasteiger partial charge in [0.25, 0.3) is 0 Å². The van der Waals surface area contributed by atoms with Crippen molar-refractivity contribution in [3.05, 3.63) is 54.4 Å². The Hall–Kier alpha value is -2.03. The van der Waals surface area contributed by atoms with Crippen LogP contribution in [-0.2, 0) is 6.54 Å². The van der Waals surface area contributed by atoms with E-state index in [0.29, 0.717) is 6.04 Å². The van der Waals surface area contributed by atoms with E-state index < -0.39 is 0 Å². The molecule has 2 heterocycles. The minimum atomic E-state index is 0.537. The zero-order valence-electron chi connectivity index (χ0n) is 11.2. The van der Waals surface area contributed by atoms with Crippen molar-refractivity contribution in [3.8, 4) is 0 Å². The van der Waals surface area contributed by atoms with Crippen LogP contribution in [0.15, 0.2) is 48.8 Å². The van der Waals surface area contributed by atoms with Gasteiger partial charge in [-0.1, -0.05) is 25.1 Å². The summed E-state index contributed by atoms with van der Waals surface area (Å²) < 4.78 is 0. The van der Waals surface area contributed by atoms with Crippen LogP contribution in [0.5, 0.6) is 0 Å². The summed E-state index contributed by atoms with van der Waals surface area (Å²) in [6.45, 7) is 4.18. The van der Waals surface area contributed by atoms with Crippen molar-refractivity contribution >= 4 is 11.4 Å². The van der Waals surface area contributed by atoms with Crippen molar-refractivity contribution in [2.24, 2.45) is 0 Å². The topological polar surface area (TPSA) is 28.2 Å². The second-order valence-electron chi connectivity index (χ2n) is 4.95. The maximum atomic E-state index is 4.21. The summed E-state index contributed by atoms with van der Waals surface area (Å²) in [4.78, 5) is 6.70. The Balaban J connectivity index is 1.92. The number of fused-ring (bicyclic) bond motifs is 1. The van der Waals surface area contributed by atoms with Crippen LogP contribution in [0.3, 0.4) is 0 Å². The predicted octanol–water partition coefficient (Wildman–Crippen LogP) is 3.29. The third kappa shape index (κ3) is 2.41. The Morgan fingerprint density at radius 2 is 2.16 bits per heavy atom. The van der Waals surface area contributed by atoms with Crippen molar-refractivity contribution < 1.29 is 0 Å². The first kappa shape index (κ1) is 12.0. The largest absolute Gasteiger partial charge is 0.381 e. The molecule has 0 radical (unpaired) electrons. The van der Waals surface area contributed by atoms with E-state index in [1.165, 1.54) is 16.9 Å². The van der Waals surface area contributed by atoms with Crippen LogP contribution < -0.4 is 10.2 Å². The Kier molecular flexibility index (Phi) is 3.36. The van der Waals surface area contributed by atoms with Crippen LogP contribution in [0.2, 0.25) is 0 Å². The molecule has 1 aromatic carbocycles. The van der Waals surface area contributed by atoms with Gasteiger partial charge < -0.3 is 10.2 Å². The Bertz CT molecular complexity index is 539. The van der Waals surface area contributed by atoms with Crippen LogP contribution in [0.1, 0.15) is 18.9 Å².